The van der Waals surface area contributed by atoms with Crippen LogP contribution in [0.5, 0.6) is 0 Å². The van der Waals surface area contributed by atoms with Gasteiger partial charge in [-0.25, -0.2) is 0 Å². The summed E-state index contributed by atoms with van der Waals surface area (Å²) in [6.07, 6.45) is 0. The van der Waals surface area contributed by atoms with Gasteiger partial charge in [-0.3, -0.25) is 0 Å². The van der Waals surface area contributed by atoms with Crippen LogP contribution in [0.15, 0.2) is 48.5 Å². The zero-order valence-corrected chi connectivity index (χ0v) is 13.2. The Balaban J connectivity index is 2.47. The highest BCUT2D eigenvalue weighted by atomic mass is 35.5. The molecule has 0 saturated heterocycles. The third-order valence-electron chi connectivity index (χ3n) is 2.91. The van der Waals surface area contributed by atoms with E-state index in [0.717, 1.165) is 11.1 Å². The molecule has 2 aromatic carbocycles. The van der Waals surface area contributed by atoms with E-state index in [9.17, 15) is 0 Å². The molecule has 2 rings (SSSR count). The lowest BCUT2D eigenvalue weighted by Gasteiger charge is -2.27. The van der Waals surface area contributed by atoms with Gasteiger partial charge in [0.15, 0.2) is 0 Å². The van der Waals surface area contributed by atoms with Crippen molar-refractivity contribution in [3.05, 3.63) is 69.7 Å². The normalized spacial score (nSPS) is 11.9. The standard InChI is InChI=1S/C15H12Cl4/c1-15(18,19)14(10-2-6-12(16)7-3-10)11-4-8-13(17)9-5-11/h2-9,14H,1H3. The maximum absolute atomic E-state index is 6.35. The summed E-state index contributed by atoms with van der Waals surface area (Å²) in [5, 5.41) is 1.37. The third kappa shape index (κ3) is 3.79. The monoisotopic (exact) mass is 332 g/mol. The Morgan fingerprint density at radius 2 is 1.05 bits per heavy atom. The molecule has 0 amide bonds. The first-order valence-electron chi connectivity index (χ1n) is 5.76. The fourth-order valence-electron chi connectivity index (χ4n) is 2.09. The van der Waals surface area contributed by atoms with E-state index in [1.165, 1.54) is 0 Å². The van der Waals surface area contributed by atoms with Crippen molar-refractivity contribution in [1.29, 1.82) is 0 Å². The second kappa shape index (κ2) is 5.93. The van der Waals surface area contributed by atoms with Crippen LogP contribution in [0.3, 0.4) is 0 Å². The molecular weight excluding hydrogens is 322 g/mol. The number of rotatable bonds is 3. The lowest BCUT2D eigenvalue weighted by Crippen LogP contribution is -2.21. The molecule has 0 fully saturated rings. The molecule has 0 heterocycles. The largest absolute Gasteiger partial charge is 0.126 e. The van der Waals surface area contributed by atoms with Gasteiger partial charge in [-0.15, -0.1) is 23.2 Å². The molecule has 4 heteroatoms. The molecule has 0 spiro atoms. The summed E-state index contributed by atoms with van der Waals surface area (Å²) in [5.41, 5.74) is 2.03. The minimum Gasteiger partial charge on any atom is -0.101 e. The summed E-state index contributed by atoms with van der Waals surface area (Å²) in [5.74, 6) is -0.148. The van der Waals surface area contributed by atoms with Gasteiger partial charge in [0.05, 0.1) is 0 Å². The minimum atomic E-state index is -0.929. The quantitative estimate of drug-likeness (QED) is 0.576. The Bertz CT molecular complexity index is 492. The molecule has 0 aliphatic carbocycles. The molecule has 0 aromatic heterocycles. The second-order valence-corrected chi connectivity index (χ2v) is 7.13. The first kappa shape index (κ1) is 15.0. The van der Waals surface area contributed by atoms with Gasteiger partial charge in [-0.05, 0) is 42.3 Å². The van der Waals surface area contributed by atoms with E-state index in [-0.39, 0.29) is 5.92 Å². The van der Waals surface area contributed by atoms with Crippen molar-refractivity contribution in [1.82, 2.24) is 0 Å². The van der Waals surface area contributed by atoms with Gasteiger partial charge in [-0.2, -0.15) is 0 Å². The topological polar surface area (TPSA) is 0 Å². The summed E-state index contributed by atoms with van der Waals surface area (Å²) in [6.45, 7) is 1.78. The van der Waals surface area contributed by atoms with E-state index in [1.54, 1.807) is 6.92 Å². The molecule has 2 aromatic rings. The number of benzene rings is 2. The van der Waals surface area contributed by atoms with Gasteiger partial charge in [0, 0.05) is 16.0 Å². The molecule has 0 bridgehead atoms. The molecule has 0 unspecified atom stereocenters. The maximum atomic E-state index is 6.35. The van der Waals surface area contributed by atoms with Crippen LogP contribution in [0.4, 0.5) is 0 Å². The Labute approximate surface area is 133 Å². The average molecular weight is 334 g/mol. The van der Waals surface area contributed by atoms with Crippen LogP contribution in [0, 0.1) is 0 Å². The van der Waals surface area contributed by atoms with E-state index < -0.39 is 4.33 Å². The molecule has 0 radical (unpaired) electrons. The molecular formula is C15H12Cl4. The van der Waals surface area contributed by atoms with Gasteiger partial charge in [-0.1, -0.05) is 47.5 Å². The second-order valence-electron chi connectivity index (χ2n) is 4.49. The number of hydrogen-bond donors (Lipinski definition) is 0. The summed E-state index contributed by atoms with van der Waals surface area (Å²) in [4.78, 5) is 0. The number of alkyl halides is 2. The van der Waals surface area contributed by atoms with Crippen LogP contribution in [0.1, 0.15) is 24.0 Å². The zero-order valence-electron chi connectivity index (χ0n) is 10.2. The highest BCUT2D eigenvalue weighted by Gasteiger charge is 2.32. The van der Waals surface area contributed by atoms with Crippen LogP contribution < -0.4 is 0 Å². The van der Waals surface area contributed by atoms with Crippen molar-refractivity contribution in [2.45, 2.75) is 17.2 Å². The Hall–Kier alpha value is -0.400. The van der Waals surface area contributed by atoms with Crippen LogP contribution in [0.2, 0.25) is 10.0 Å². The van der Waals surface area contributed by atoms with Crippen molar-refractivity contribution in [2.24, 2.45) is 0 Å². The zero-order chi connectivity index (χ0) is 14.0. The van der Waals surface area contributed by atoms with Crippen molar-refractivity contribution < 1.29 is 0 Å². The van der Waals surface area contributed by atoms with E-state index in [1.807, 2.05) is 48.5 Å². The third-order valence-corrected chi connectivity index (χ3v) is 3.85. The SMILES string of the molecule is CC(Cl)(Cl)C(c1ccc(Cl)cc1)c1ccc(Cl)cc1. The lowest BCUT2D eigenvalue weighted by atomic mass is 9.88. The van der Waals surface area contributed by atoms with E-state index in [2.05, 4.69) is 0 Å². The fourth-order valence-corrected chi connectivity index (χ4v) is 2.84. The number of halogens is 4. The van der Waals surface area contributed by atoms with Gasteiger partial charge >= 0.3 is 0 Å². The molecule has 100 valence electrons. The predicted molar refractivity (Wildman–Crippen MR) is 84.9 cm³/mol. The van der Waals surface area contributed by atoms with Gasteiger partial charge in [0.2, 0.25) is 0 Å². The first-order valence-corrected chi connectivity index (χ1v) is 7.28. The van der Waals surface area contributed by atoms with E-state index >= 15 is 0 Å². The molecule has 0 aliphatic heterocycles. The van der Waals surface area contributed by atoms with Gasteiger partial charge < -0.3 is 0 Å². The Kier molecular flexibility index (Phi) is 4.68. The van der Waals surface area contributed by atoms with Crippen LogP contribution in [-0.2, 0) is 0 Å². The molecule has 19 heavy (non-hydrogen) atoms. The van der Waals surface area contributed by atoms with Crippen molar-refractivity contribution in [2.75, 3.05) is 0 Å². The minimum absolute atomic E-state index is 0.148. The van der Waals surface area contributed by atoms with Crippen LogP contribution in [0.25, 0.3) is 0 Å². The van der Waals surface area contributed by atoms with Crippen molar-refractivity contribution in [3.63, 3.8) is 0 Å². The maximum Gasteiger partial charge on any atom is 0.126 e. The molecule has 0 aliphatic rings. The van der Waals surface area contributed by atoms with Gasteiger partial charge in [0.1, 0.15) is 4.33 Å². The fraction of sp³-hybridized carbons (Fsp3) is 0.200. The Morgan fingerprint density at radius 3 is 1.32 bits per heavy atom. The predicted octanol–water partition coefficient (Wildman–Crippen LogP) is 6.32. The molecule has 0 N–H and O–H groups in total. The van der Waals surface area contributed by atoms with Crippen molar-refractivity contribution >= 4 is 46.4 Å². The molecule has 0 atom stereocenters. The van der Waals surface area contributed by atoms with E-state index in [4.69, 9.17) is 46.4 Å². The first-order chi connectivity index (χ1) is 8.88. The van der Waals surface area contributed by atoms with Crippen LogP contribution in [-0.4, -0.2) is 4.33 Å². The average Bonchev–Trinajstić information content (AvgIpc) is 2.33. The Morgan fingerprint density at radius 1 is 0.737 bits per heavy atom. The summed E-state index contributed by atoms with van der Waals surface area (Å²) in [7, 11) is 0. The van der Waals surface area contributed by atoms with E-state index in [0.29, 0.717) is 10.0 Å². The van der Waals surface area contributed by atoms with Gasteiger partial charge in [0.25, 0.3) is 0 Å². The number of hydrogen-bond acceptors (Lipinski definition) is 0. The highest BCUT2D eigenvalue weighted by molar-refractivity contribution is 6.48. The molecule has 0 saturated carbocycles. The van der Waals surface area contributed by atoms with Crippen molar-refractivity contribution in [3.8, 4) is 0 Å². The summed E-state index contributed by atoms with van der Waals surface area (Å²) < 4.78 is -0.929. The lowest BCUT2D eigenvalue weighted by molar-refractivity contribution is 0.727. The molecule has 0 nitrogen and oxygen atoms in total. The summed E-state index contributed by atoms with van der Waals surface area (Å²) in [6, 6.07) is 15.1. The smallest absolute Gasteiger partial charge is 0.101 e. The van der Waals surface area contributed by atoms with Crippen LogP contribution >= 0.6 is 46.4 Å². The highest BCUT2D eigenvalue weighted by Crippen LogP contribution is 2.42. The summed E-state index contributed by atoms with van der Waals surface area (Å²) >= 11 is 24.5.